The maximum Gasteiger partial charge on any atom is 0.309 e. The smallest absolute Gasteiger partial charge is 0.309 e. The molecule has 0 aliphatic heterocycles. The summed E-state index contributed by atoms with van der Waals surface area (Å²) in [6.07, 6.45) is 7.58. The van der Waals surface area contributed by atoms with Crippen LogP contribution in [-0.4, -0.2) is 17.9 Å². The summed E-state index contributed by atoms with van der Waals surface area (Å²) >= 11 is 0. The molecule has 140 valence electrons. The van der Waals surface area contributed by atoms with Crippen LogP contribution in [0.1, 0.15) is 51.0 Å². The molecule has 4 nitrogen and oxygen atoms in total. The summed E-state index contributed by atoms with van der Waals surface area (Å²) in [5, 5.41) is 5.47. The number of carbonyl (C=O) groups is 2. The fourth-order valence-electron chi connectivity index (χ4n) is 6.02. The Hall–Kier alpha value is -1.91. The van der Waals surface area contributed by atoms with Crippen LogP contribution in [0.4, 0.5) is 4.39 Å². The lowest BCUT2D eigenvalue weighted by Crippen LogP contribution is -2.57. The Morgan fingerprint density at radius 3 is 2.23 bits per heavy atom. The van der Waals surface area contributed by atoms with Crippen LogP contribution in [0.5, 0.6) is 0 Å². The second-order valence-corrected chi connectivity index (χ2v) is 8.75. The summed E-state index contributed by atoms with van der Waals surface area (Å²) in [7, 11) is 0. The standard InChI is InChI=1S/C21H27FN2O2/c1-13(21-9-14-6-15(10-21)8-16(7-14)11-21)24-20(26)19(25)23-12-17-4-2-3-5-18(17)22/h2-5,13-16H,6-12H2,1H3,(H,23,25)(H,24,26). The molecule has 4 saturated carbocycles. The predicted octanol–water partition coefficient (Wildman–Crippen LogP) is 3.16. The summed E-state index contributed by atoms with van der Waals surface area (Å²) in [5.41, 5.74) is 0.541. The van der Waals surface area contributed by atoms with Gasteiger partial charge in [-0.1, -0.05) is 18.2 Å². The van der Waals surface area contributed by atoms with Crippen molar-refractivity contribution in [3.05, 3.63) is 35.6 Å². The Kier molecular flexibility index (Phi) is 4.49. The normalized spacial score (nSPS) is 32.9. The first kappa shape index (κ1) is 17.5. The number of hydrogen-bond acceptors (Lipinski definition) is 2. The van der Waals surface area contributed by atoms with Gasteiger partial charge in [0.25, 0.3) is 0 Å². The lowest BCUT2D eigenvalue weighted by molar-refractivity contribution is -0.141. The van der Waals surface area contributed by atoms with Crippen molar-refractivity contribution in [2.75, 3.05) is 0 Å². The zero-order valence-electron chi connectivity index (χ0n) is 15.3. The first-order chi connectivity index (χ1) is 12.4. The van der Waals surface area contributed by atoms with Crippen LogP contribution in [0, 0.1) is 29.0 Å². The summed E-state index contributed by atoms with van der Waals surface area (Å²) in [6.45, 7) is 2.07. The van der Waals surface area contributed by atoms with Crippen LogP contribution >= 0.6 is 0 Å². The zero-order valence-corrected chi connectivity index (χ0v) is 15.3. The Morgan fingerprint density at radius 1 is 1.08 bits per heavy atom. The van der Waals surface area contributed by atoms with E-state index >= 15 is 0 Å². The highest BCUT2D eigenvalue weighted by Gasteiger charge is 2.53. The van der Waals surface area contributed by atoms with E-state index in [-0.39, 0.29) is 23.8 Å². The fourth-order valence-corrected chi connectivity index (χ4v) is 6.02. The molecule has 26 heavy (non-hydrogen) atoms. The number of benzene rings is 1. The van der Waals surface area contributed by atoms with E-state index in [1.54, 1.807) is 18.2 Å². The third-order valence-electron chi connectivity index (χ3n) is 6.96. The highest BCUT2D eigenvalue weighted by Crippen LogP contribution is 2.61. The molecule has 1 unspecified atom stereocenters. The molecule has 4 fully saturated rings. The van der Waals surface area contributed by atoms with E-state index < -0.39 is 11.8 Å². The van der Waals surface area contributed by atoms with Gasteiger partial charge in [-0.05, 0) is 74.7 Å². The van der Waals surface area contributed by atoms with Crippen LogP contribution in [0.3, 0.4) is 0 Å². The quantitative estimate of drug-likeness (QED) is 0.813. The van der Waals surface area contributed by atoms with Crippen molar-refractivity contribution in [2.45, 2.75) is 58.0 Å². The maximum atomic E-state index is 13.6. The van der Waals surface area contributed by atoms with E-state index in [1.807, 2.05) is 0 Å². The molecule has 5 heteroatoms. The second-order valence-electron chi connectivity index (χ2n) is 8.75. The molecule has 1 aromatic carbocycles. The Labute approximate surface area is 153 Å². The van der Waals surface area contributed by atoms with E-state index in [0.717, 1.165) is 17.8 Å². The topological polar surface area (TPSA) is 58.2 Å². The van der Waals surface area contributed by atoms with Gasteiger partial charge in [-0.15, -0.1) is 0 Å². The monoisotopic (exact) mass is 358 g/mol. The van der Waals surface area contributed by atoms with Gasteiger partial charge in [0.15, 0.2) is 0 Å². The fraction of sp³-hybridized carbons (Fsp3) is 0.619. The van der Waals surface area contributed by atoms with E-state index in [4.69, 9.17) is 0 Å². The van der Waals surface area contributed by atoms with Gasteiger partial charge in [-0.25, -0.2) is 4.39 Å². The van der Waals surface area contributed by atoms with Crippen LogP contribution in [0.15, 0.2) is 24.3 Å². The largest absolute Gasteiger partial charge is 0.345 e. The highest BCUT2D eigenvalue weighted by atomic mass is 19.1. The van der Waals surface area contributed by atoms with Gasteiger partial charge in [0.05, 0.1) is 0 Å². The van der Waals surface area contributed by atoms with Crippen molar-refractivity contribution >= 4 is 11.8 Å². The zero-order chi connectivity index (χ0) is 18.3. The molecule has 0 aromatic heterocycles. The molecule has 0 heterocycles. The van der Waals surface area contributed by atoms with Crippen molar-refractivity contribution < 1.29 is 14.0 Å². The molecular weight excluding hydrogens is 331 g/mol. The lowest BCUT2D eigenvalue weighted by atomic mass is 9.48. The van der Waals surface area contributed by atoms with Crippen molar-refractivity contribution in [1.29, 1.82) is 0 Å². The number of rotatable bonds is 4. The first-order valence-corrected chi connectivity index (χ1v) is 9.77. The molecule has 2 N–H and O–H groups in total. The molecule has 1 atom stereocenters. The third kappa shape index (κ3) is 3.24. The molecule has 2 amide bonds. The van der Waals surface area contributed by atoms with E-state index in [0.29, 0.717) is 5.56 Å². The maximum absolute atomic E-state index is 13.6. The lowest BCUT2D eigenvalue weighted by Gasteiger charge is -2.59. The molecule has 4 bridgehead atoms. The molecule has 0 saturated heterocycles. The van der Waals surface area contributed by atoms with Gasteiger partial charge in [0.1, 0.15) is 5.82 Å². The van der Waals surface area contributed by atoms with E-state index in [1.165, 1.54) is 44.6 Å². The summed E-state index contributed by atoms with van der Waals surface area (Å²) < 4.78 is 13.6. The summed E-state index contributed by atoms with van der Waals surface area (Å²) in [5.74, 6) is 0.728. The van der Waals surface area contributed by atoms with Gasteiger partial charge < -0.3 is 10.6 Å². The molecular formula is C21H27FN2O2. The second kappa shape index (κ2) is 6.67. The summed E-state index contributed by atoms with van der Waals surface area (Å²) in [4.78, 5) is 24.5. The van der Waals surface area contributed by atoms with Gasteiger partial charge in [0, 0.05) is 18.2 Å². The molecule has 4 aliphatic carbocycles. The minimum absolute atomic E-state index is 0.00242. The van der Waals surface area contributed by atoms with E-state index in [9.17, 15) is 14.0 Å². The van der Waals surface area contributed by atoms with Crippen LogP contribution < -0.4 is 10.6 Å². The third-order valence-corrected chi connectivity index (χ3v) is 6.96. The van der Waals surface area contributed by atoms with Crippen LogP contribution in [-0.2, 0) is 16.1 Å². The van der Waals surface area contributed by atoms with Crippen LogP contribution in [0.2, 0.25) is 0 Å². The van der Waals surface area contributed by atoms with Crippen LogP contribution in [0.25, 0.3) is 0 Å². The number of nitrogens with one attached hydrogen (secondary N) is 2. The number of amides is 2. The average molecular weight is 358 g/mol. The minimum Gasteiger partial charge on any atom is -0.345 e. The molecule has 0 radical (unpaired) electrons. The minimum atomic E-state index is -0.690. The molecule has 5 rings (SSSR count). The van der Waals surface area contributed by atoms with Crippen molar-refractivity contribution in [3.8, 4) is 0 Å². The highest BCUT2D eigenvalue weighted by molar-refractivity contribution is 6.35. The average Bonchev–Trinajstić information content (AvgIpc) is 2.59. The molecule has 4 aliphatic rings. The number of hydrogen-bond donors (Lipinski definition) is 2. The van der Waals surface area contributed by atoms with Crippen molar-refractivity contribution in [1.82, 2.24) is 10.6 Å². The first-order valence-electron chi connectivity index (χ1n) is 9.77. The number of halogens is 1. The predicted molar refractivity (Wildman–Crippen MR) is 96.5 cm³/mol. The van der Waals surface area contributed by atoms with Gasteiger partial charge in [-0.3, -0.25) is 9.59 Å². The van der Waals surface area contributed by atoms with Gasteiger partial charge in [-0.2, -0.15) is 0 Å². The van der Waals surface area contributed by atoms with Gasteiger partial charge in [0.2, 0.25) is 0 Å². The van der Waals surface area contributed by atoms with E-state index in [2.05, 4.69) is 17.6 Å². The Balaban J connectivity index is 1.34. The summed E-state index contributed by atoms with van der Waals surface area (Å²) in [6, 6.07) is 6.25. The van der Waals surface area contributed by atoms with Crippen molar-refractivity contribution in [3.63, 3.8) is 0 Å². The Bertz CT molecular complexity index is 682. The molecule has 1 aromatic rings. The Morgan fingerprint density at radius 2 is 1.65 bits per heavy atom. The van der Waals surface area contributed by atoms with Crippen molar-refractivity contribution in [2.24, 2.45) is 23.2 Å². The number of carbonyl (C=O) groups excluding carboxylic acids is 2. The van der Waals surface area contributed by atoms with Gasteiger partial charge >= 0.3 is 11.8 Å². The SMILES string of the molecule is CC(NC(=O)C(=O)NCc1ccccc1F)C12CC3CC(CC(C3)C1)C2. The molecule has 0 spiro atoms.